The fraction of sp³-hybridized carbons (Fsp3) is 0.0909. The second-order valence-electron chi connectivity index (χ2n) is 3.42. The van der Waals surface area contributed by atoms with Gasteiger partial charge >= 0.3 is 5.97 Å². The Morgan fingerprint density at radius 1 is 1.35 bits per heavy atom. The van der Waals surface area contributed by atoms with E-state index in [4.69, 9.17) is 0 Å². The monoisotopic (exact) mass is 231 g/mol. The van der Waals surface area contributed by atoms with Gasteiger partial charge in [-0.1, -0.05) is 30.3 Å². The molecule has 0 saturated carbocycles. The summed E-state index contributed by atoms with van der Waals surface area (Å²) in [6.07, 6.45) is 2.58. The number of nitrogens with zero attached hydrogens (tertiary/aromatic N) is 3. The molecule has 6 nitrogen and oxygen atoms in total. The molecule has 86 valence electrons. The quantitative estimate of drug-likeness (QED) is 0.815. The fourth-order valence-corrected chi connectivity index (χ4v) is 1.59. The second-order valence-corrected chi connectivity index (χ2v) is 3.42. The second kappa shape index (κ2) is 4.56. The van der Waals surface area contributed by atoms with Crippen LogP contribution in [-0.2, 0) is 4.79 Å². The summed E-state index contributed by atoms with van der Waals surface area (Å²) >= 11 is 0. The molecule has 6 heteroatoms. The number of rotatable bonds is 4. The van der Waals surface area contributed by atoms with Gasteiger partial charge in [0.1, 0.15) is 0 Å². The van der Waals surface area contributed by atoms with Crippen LogP contribution >= 0.6 is 0 Å². The third kappa shape index (κ3) is 2.20. The zero-order valence-electron chi connectivity index (χ0n) is 8.72. The van der Waals surface area contributed by atoms with Gasteiger partial charge in [0.25, 0.3) is 0 Å². The van der Waals surface area contributed by atoms with E-state index in [1.165, 1.54) is 17.1 Å². The van der Waals surface area contributed by atoms with Crippen LogP contribution in [0.15, 0.2) is 48.0 Å². The molecule has 1 N–H and O–H groups in total. The molecule has 2 rings (SSSR count). The maximum Gasteiger partial charge on any atom is 0.331 e. The predicted octanol–water partition coefficient (Wildman–Crippen LogP) is 1.96. The van der Waals surface area contributed by atoms with Crippen molar-refractivity contribution in [3.05, 3.63) is 53.3 Å². The molecule has 0 aliphatic heterocycles. The Bertz CT molecular complexity index is 536. The number of carbonyl (C=O) groups is 1. The largest absolute Gasteiger partial charge is 0.479 e. The number of carboxylic acids is 1. The molecule has 0 fully saturated rings. The summed E-state index contributed by atoms with van der Waals surface area (Å²) in [6, 6.07) is 7.80. The van der Waals surface area contributed by atoms with Gasteiger partial charge in [0.15, 0.2) is 6.04 Å². The lowest BCUT2D eigenvalue weighted by Crippen LogP contribution is -2.18. The van der Waals surface area contributed by atoms with Crippen LogP contribution in [0, 0.1) is 4.91 Å². The minimum atomic E-state index is -1.02. The highest BCUT2D eigenvalue weighted by Gasteiger charge is 2.21. The molecule has 0 bridgehead atoms. The van der Waals surface area contributed by atoms with Crippen LogP contribution < -0.4 is 0 Å². The van der Waals surface area contributed by atoms with E-state index in [9.17, 15) is 14.8 Å². The highest BCUT2D eigenvalue weighted by molar-refractivity contribution is 5.76. The van der Waals surface area contributed by atoms with Crippen LogP contribution in [0.1, 0.15) is 11.6 Å². The lowest BCUT2D eigenvalue weighted by Gasteiger charge is -2.13. The van der Waals surface area contributed by atoms with E-state index in [2.05, 4.69) is 10.2 Å². The Hall–Kier alpha value is -2.50. The van der Waals surface area contributed by atoms with Gasteiger partial charge in [0.2, 0.25) is 5.82 Å². The molecule has 1 aromatic heterocycles. The molecule has 2 aromatic rings. The zero-order valence-corrected chi connectivity index (χ0v) is 8.72. The summed E-state index contributed by atoms with van der Waals surface area (Å²) in [6.45, 7) is 0. The fourth-order valence-electron chi connectivity index (χ4n) is 1.59. The summed E-state index contributed by atoms with van der Waals surface area (Å²) in [5.41, 5.74) is 0.606. The average molecular weight is 231 g/mol. The number of imidazole rings is 1. The number of benzene rings is 1. The maximum absolute atomic E-state index is 11.2. The van der Waals surface area contributed by atoms with Crippen LogP contribution in [-0.4, -0.2) is 20.6 Å². The van der Waals surface area contributed by atoms with E-state index in [-0.39, 0.29) is 5.82 Å². The minimum Gasteiger partial charge on any atom is -0.479 e. The van der Waals surface area contributed by atoms with Crippen molar-refractivity contribution in [2.45, 2.75) is 6.04 Å². The van der Waals surface area contributed by atoms with Gasteiger partial charge in [-0.15, -0.1) is 4.91 Å². The summed E-state index contributed by atoms with van der Waals surface area (Å²) < 4.78 is 1.34. The van der Waals surface area contributed by atoms with E-state index in [1.807, 2.05) is 0 Å². The Labute approximate surface area is 96.5 Å². The van der Waals surface area contributed by atoms with E-state index in [0.29, 0.717) is 5.56 Å². The third-order valence-corrected chi connectivity index (χ3v) is 2.33. The Kier molecular flexibility index (Phi) is 2.95. The number of nitroso groups, excluding NO2 is 1. The summed E-state index contributed by atoms with van der Waals surface area (Å²) in [4.78, 5) is 25.2. The minimum absolute atomic E-state index is 0.0350. The van der Waals surface area contributed by atoms with Crippen molar-refractivity contribution >= 4 is 11.8 Å². The summed E-state index contributed by atoms with van der Waals surface area (Å²) in [5.74, 6) is -1.06. The normalized spacial score (nSPS) is 12.0. The van der Waals surface area contributed by atoms with Crippen molar-refractivity contribution in [1.29, 1.82) is 0 Å². The molecule has 0 aliphatic carbocycles. The molecule has 0 radical (unpaired) electrons. The van der Waals surface area contributed by atoms with Crippen LogP contribution in [0.2, 0.25) is 0 Å². The lowest BCUT2D eigenvalue weighted by atomic mass is 10.1. The first-order valence-corrected chi connectivity index (χ1v) is 4.87. The van der Waals surface area contributed by atoms with Gasteiger partial charge in [0, 0.05) is 0 Å². The molecule has 0 saturated heterocycles. The zero-order chi connectivity index (χ0) is 12.3. The average Bonchev–Trinajstić information content (AvgIpc) is 2.79. The van der Waals surface area contributed by atoms with Crippen molar-refractivity contribution < 1.29 is 9.90 Å². The lowest BCUT2D eigenvalue weighted by molar-refractivity contribution is -0.139. The smallest absolute Gasteiger partial charge is 0.331 e. The van der Waals surface area contributed by atoms with Crippen molar-refractivity contribution in [2.75, 3.05) is 0 Å². The third-order valence-electron chi connectivity index (χ3n) is 2.33. The Balaban J connectivity index is 2.42. The van der Waals surface area contributed by atoms with Gasteiger partial charge in [-0.3, -0.25) is 0 Å². The van der Waals surface area contributed by atoms with E-state index in [1.54, 1.807) is 30.3 Å². The summed E-state index contributed by atoms with van der Waals surface area (Å²) in [5, 5.41) is 11.9. The first-order valence-electron chi connectivity index (χ1n) is 4.87. The standard InChI is InChI=1S/C11H9N3O3/c15-11(16)10(8-4-2-1-3-5-8)14-6-9(13-17)12-7-14/h1-7,10H,(H,15,16). The van der Waals surface area contributed by atoms with Crippen molar-refractivity contribution in [3.8, 4) is 0 Å². The molecule has 0 amide bonds. The molecule has 1 unspecified atom stereocenters. The van der Waals surface area contributed by atoms with Crippen molar-refractivity contribution in [1.82, 2.24) is 9.55 Å². The molecule has 17 heavy (non-hydrogen) atoms. The first kappa shape index (κ1) is 11.0. The van der Waals surface area contributed by atoms with E-state index >= 15 is 0 Å². The highest BCUT2D eigenvalue weighted by Crippen LogP contribution is 2.20. The topological polar surface area (TPSA) is 84.5 Å². The number of hydrogen-bond donors (Lipinski definition) is 1. The molecule has 1 heterocycles. The first-order chi connectivity index (χ1) is 8.22. The van der Waals surface area contributed by atoms with E-state index < -0.39 is 12.0 Å². The molecule has 1 atom stereocenters. The molecular weight excluding hydrogens is 222 g/mol. The number of carboxylic acid groups (broad SMARTS) is 1. The van der Waals surface area contributed by atoms with Crippen LogP contribution in [0.5, 0.6) is 0 Å². The number of aliphatic carboxylic acids is 1. The van der Waals surface area contributed by atoms with Gasteiger partial charge in [-0.2, -0.15) is 0 Å². The van der Waals surface area contributed by atoms with Crippen molar-refractivity contribution in [3.63, 3.8) is 0 Å². The molecule has 0 spiro atoms. The van der Waals surface area contributed by atoms with Gasteiger partial charge < -0.3 is 9.67 Å². The van der Waals surface area contributed by atoms with Gasteiger partial charge in [-0.25, -0.2) is 9.78 Å². The highest BCUT2D eigenvalue weighted by atomic mass is 16.4. The maximum atomic E-state index is 11.2. The van der Waals surface area contributed by atoms with Gasteiger partial charge in [-0.05, 0) is 10.7 Å². The predicted molar refractivity (Wildman–Crippen MR) is 59.9 cm³/mol. The Morgan fingerprint density at radius 2 is 2.06 bits per heavy atom. The Morgan fingerprint density at radius 3 is 2.59 bits per heavy atom. The number of hydrogen-bond acceptors (Lipinski definition) is 4. The van der Waals surface area contributed by atoms with Gasteiger partial charge in [0.05, 0.1) is 12.5 Å². The SMILES string of the molecule is O=Nc1cn(C(C(=O)O)c2ccccc2)cn1. The number of aromatic nitrogens is 2. The molecular formula is C11H9N3O3. The van der Waals surface area contributed by atoms with E-state index in [0.717, 1.165) is 0 Å². The summed E-state index contributed by atoms with van der Waals surface area (Å²) in [7, 11) is 0. The van der Waals surface area contributed by atoms with Crippen LogP contribution in [0.25, 0.3) is 0 Å². The molecule has 0 aliphatic rings. The van der Waals surface area contributed by atoms with Crippen LogP contribution in [0.4, 0.5) is 5.82 Å². The van der Waals surface area contributed by atoms with Crippen LogP contribution in [0.3, 0.4) is 0 Å². The molecule has 1 aromatic carbocycles. The van der Waals surface area contributed by atoms with Crippen molar-refractivity contribution in [2.24, 2.45) is 5.18 Å².